The number of urea groups is 1. The van der Waals surface area contributed by atoms with Crippen molar-refractivity contribution >= 4 is 27.6 Å². The fourth-order valence-electron chi connectivity index (χ4n) is 2.26. The topological polar surface area (TPSA) is 32.3 Å². The van der Waals surface area contributed by atoms with Gasteiger partial charge in [-0.25, -0.2) is 4.79 Å². The van der Waals surface area contributed by atoms with Crippen LogP contribution in [-0.4, -0.2) is 24.0 Å². The maximum atomic E-state index is 12.3. The molecule has 1 aromatic rings. The molecule has 4 heteroatoms. The van der Waals surface area contributed by atoms with Gasteiger partial charge in [-0.05, 0) is 31.0 Å². The molecular weight excluding hydrogens is 328 g/mol. The Morgan fingerprint density at radius 2 is 1.86 bits per heavy atom. The Hall–Kier alpha value is -1.03. The van der Waals surface area contributed by atoms with Crippen molar-refractivity contribution in [3.8, 4) is 0 Å². The minimum atomic E-state index is 0.00504. The van der Waals surface area contributed by atoms with E-state index in [1.165, 1.54) is 25.7 Å². The number of carbonyl (C=O) groups is 1. The summed E-state index contributed by atoms with van der Waals surface area (Å²) in [6, 6.07) is 7.71. The molecule has 0 saturated carbocycles. The van der Waals surface area contributed by atoms with E-state index in [2.05, 4.69) is 35.1 Å². The van der Waals surface area contributed by atoms with Crippen LogP contribution in [0.4, 0.5) is 10.5 Å². The lowest BCUT2D eigenvalue weighted by Gasteiger charge is -2.22. The van der Waals surface area contributed by atoms with Gasteiger partial charge in [-0.2, -0.15) is 0 Å². The number of amides is 2. The first kappa shape index (κ1) is 18.0. The van der Waals surface area contributed by atoms with Gasteiger partial charge in [-0.3, -0.25) is 0 Å². The van der Waals surface area contributed by atoms with E-state index >= 15 is 0 Å². The zero-order valence-electron chi connectivity index (χ0n) is 13.2. The molecule has 0 heterocycles. The summed E-state index contributed by atoms with van der Waals surface area (Å²) < 4.78 is 0.974. The summed E-state index contributed by atoms with van der Waals surface area (Å²) in [5.74, 6) is 0. The zero-order valence-corrected chi connectivity index (χ0v) is 14.8. The number of halogens is 1. The number of hydrogen-bond acceptors (Lipinski definition) is 1. The van der Waals surface area contributed by atoms with E-state index < -0.39 is 0 Å². The first-order valence-electron chi connectivity index (χ1n) is 7.98. The molecule has 0 aliphatic rings. The van der Waals surface area contributed by atoms with Gasteiger partial charge in [0.2, 0.25) is 0 Å². The molecule has 1 rings (SSSR count). The number of unbranched alkanes of at least 4 members (excludes halogenated alkanes) is 4. The van der Waals surface area contributed by atoms with E-state index in [-0.39, 0.29) is 6.03 Å². The highest BCUT2D eigenvalue weighted by atomic mass is 79.9. The van der Waals surface area contributed by atoms with E-state index in [0.717, 1.165) is 36.1 Å². The average molecular weight is 355 g/mol. The van der Waals surface area contributed by atoms with Gasteiger partial charge in [-0.15, -0.1) is 0 Å². The van der Waals surface area contributed by atoms with Crippen molar-refractivity contribution in [2.24, 2.45) is 0 Å². The molecule has 1 N–H and O–H groups in total. The van der Waals surface area contributed by atoms with Gasteiger partial charge in [0.1, 0.15) is 0 Å². The predicted octanol–water partition coefficient (Wildman–Crippen LogP) is 5.66. The van der Waals surface area contributed by atoms with Crippen molar-refractivity contribution in [2.75, 3.05) is 18.4 Å². The van der Waals surface area contributed by atoms with Crippen molar-refractivity contribution in [3.63, 3.8) is 0 Å². The van der Waals surface area contributed by atoms with Crippen LogP contribution < -0.4 is 5.32 Å². The van der Waals surface area contributed by atoms with Crippen LogP contribution in [0.1, 0.15) is 52.4 Å². The van der Waals surface area contributed by atoms with Gasteiger partial charge in [0.15, 0.2) is 0 Å². The second kappa shape index (κ2) is 10.7. The zero-order chi connectivity index (χ0) is 15.5. The quantitative estimate of drug-likeness (QED) is 0.569. The molecule has 0 saturated heterocycles. The first-order chi connectivity index (χ1) is 10.2. The SMILES string of the molecule is CCCCCCCN(CCC)C(=O)Nc1cccc(Br)c1. The molecule has 0 spiro atoms. The number of benzene rings is 1. The maximum absolute atomic E-state index is 12.3. The van der Waals surface area contributed by atoms with E-state index in [1.54, 1.807) is 0 Å². The van der Waals surface area contributed by atoms with Crippen LogP contribution >= 0.6 is 15.9 Å². The number of carbonyl (C=O) groups excluding carboxylic acids is 1. The van der Waals surface area contributed by atoms with Crippen molar-refractivity contribution in [1.29, 1.82) is 0 Å². The highest BCUT2D eigenvalue weighted by Crippen LogP contribution is 2.16. The minimum absolute atomic E-state index is 0.00504. The van der Waals surface area contributed by atoms with Crippen LogP contribution in [-0.2, 0) is 0 Å². The van der Waals surface area contributed by atoms with Crippen LogP contribution in [0.3, 0.4) is 0 Å². The predicted molar refractivity (Wildman–Crippen MR) is 93.8 cm³/mol. The number of rotatable bonds is 9. The molecule has 3 nitrogen and oxygen atoms in total. The van der Waals surface area contributed by atoms with Crippen molar-refractivity contribution < 1.29 is 4.79 Å². The Bertz CT molecular complexity index is 423. The van der Waals surface area contributed by atoms with Crippen LogP contribution in [0.2, 0.25) is 0 Å². The Balaban J connectivity index is 2.44. The smallest absolute Gasteiger partial charge is 0.321 e. The lowest BCUT2D eigenvalue weighted by atomic mass is 10.1. The molecule has 0 aliphatic carbocycles. The number of anilines is 1. The Morgan fingerprint density at radius 3 is 2.52 bits per heavy atom. The molecule has 0 aliphatic heterocycles. The summed E-state index contributed by atoms with van der Waals surface area (Å²) in [5.41, 5.74) is 0.835. The summed E-state index contributed by atoms with van der Waals surface area (Å²) in [4.78, 5) is 14.3. The van der Waals surface area contributed by atoms with Crippen LogP contribution in [0.15, 0.2) is 28.7 Å². The van der Waals surface area contributed by atoms with Gasteiger partial charge in [0.25, 0.3) is 0 Å². The number of hydrogen-bond donors (Lipinski definition) is 1. The number of nitrogens with zero attached hydrogens (tertiary/aromatic N) is 1. The molecular formula is C17H27BrN2O. The lowest BCUT2D eigenvalue weighted by Crippen LogP contribution is -2.36. The van der Waals surface area contributed by atoms with Crippen LogP contribution in [0.25, 0.3) is 0 Å². The fourth-order valence-corrected chi connectivity index (χ4v) is 2.66. The average Bonchev–Trinajstić information content (AvgIpc) is 2.46. The molecule has 0 atom stereocenters. The van der Waals surface area contributed by atoms with Gasteiger partial charge >= 0.3 is 6.03 Å². The highest BCUT2D eigenvalue weighted by Gasteiger charge is 2.12. The first-order valence-corrected chi connectivity index (χ1v) is 8.78. The van der Waals surface area contributed by atoms with Gasteiger partial charge in [-0.1, -0.05) is 61.5 Å². The molecule has 0 aromatic heterocycles. The standard InChI is InChI=1S/C17H27BrN2O/c1-3-5-6-7-8-13-20(12-4-2)17(21)19-16-11-9-10-15(18)14-16/h9-11,14H,3-8,12-13H2,1-2H3,(H,19,21). The Morgan fingerprint density at radius 1 is 1.10 bits per heavy atom. The Kier molecular flexibility index (Phi) is 9.15. The van der Waals surface area contributed by atoms with E-state index in [4.69, 9.17) is 0 Å². The normalized spacial score (nSPS) is 10.4. The van der Waals surface area contributed by atoms with Gasteiger partial charge in [0, 0.05) is 23.2 Å². The highest BCUT2D eigenvalue weighted by molar-refractivity contribution is 9.10. The fraction of sp³-hybridized carbons (Fsp3) is 0.588. The van der Waals surface area contributed by atoms with E-state index in [1.807, 2.05) is 29.2 Å². The second-order valence-corrected chi connectivity index (χ2v) is 6.26. The molecule has 2 amide bonds. The van der Waals surface area contributed by atoms with E-state index in [0.29, 0.717) is 0 Å². The van der Waals surface area contributed by atoms with Crippen molar-refractivity contribution in [1.82, 2.24) is 4.90 Å². The molecule has 0 radical (unpaired) electrons. The largest absolute Gasteiger partial charge is 0.325 e. The van der Waals surface area contributed by atoms with Crippen LogP contribution in [0.5, 0.6) is 0 Å². The molecule has 118 valence electrons. The summed E-state index contributed by atoms with van der Waals surface area (Å²) in [6.07, 6.45) is 7.09. The maximum Gasteiger partial charge on any atom is 0.321 e. The third-order valence-electron chi connectivity index (χ3n) is 3.39. The second-order valence-electron chi connectivity index (χ2n) is 5.34. The minimum Gasteiger partial charge on any atom is -0.325 e. The van der Waals surface area contributed by atoms with E-state index in [9.17, 15) is 4.79 Å². The van der Waals surface area contributed by atoms with Gasteiger partial charge < -0.3 is 10.2 Å². The molecule has 0 unspecified atom stereocenters. The summed E-state index contributed by atoms with van der Waals surface area (Å²) in [7, 11) is 0. The van der Waals surface area contributed by atoms with Crippen LogP contribution in [0, 0.1) is 0 Å². The van der Waals surface area contributed by atoms with Gasteiger partial charge in [0.05, 0.1) is 0 Å². The Labute approximate surface area is 137 Å². The molecule has 0 bridgehead atoms. The van der Waals surface area contributed by atoms with Crippen molar-refractivity contribution in [2.45, 2.75) is 52.4 Å². The summed E-state index contributed by atoms with van der Waals surface area (Å²) in [5, 5.41) is 2.98. The molecule has 1 aromatic carbocycles. The third-order valence-corrected chi connectivity index (χ3v) is 3.88. The summed E-state index contributed by atoms with van der Waals surface area (Å²) in [6.45, 7) is 5.98. The van der Waals surface area contributed by atoms with Crippen molar-refractivity contribution in [3.05, 3.63) is 28.7 Å². The molecule has 0 fully saturated rings. The third kappa shape index (κ3) is 7.51. The number of nitrogens with one attached hydrogen (secondary N) is 1. The lowest BCUT2D eigenvalue weighted by molar-refractivity contribution is 0.210. The monoisotopic (exact) mass is 354 g/mol. The molecule has 21 heavy (non-hydrogen) atoms. The summed E-state index contributed by atoms with van der Waals surface area (Å²) >= 11 is 3.42.